The molecule has 0 aliphatic carbocycles. The molecule has 2 rings (SSSR count). The molecule has 2 aromatic rings. The van der Waals surface area contributed by atoms with Crippen LogP contribution in [0.3, 0.4) is 0 Å². The third-order valence-corrected chi connectivity index (χ3v) is 3.28. The Balaban J connectivity index is 2.33. The number of methoxy groups -OCH3 is 1. The monoisotopic (exact) mass is 299 g/mol. The Bertz CT molecular complexity index is 586. The Morgan fingerprint density at radius 2 is 2.32 bits per heavy atom. The van der Waals surface area contributed by atoms with Crippen LogP contribution in [0.1, 0.15) is 15.2 Å². The van der Waals surface area contributed by atoms with E-state index in [2.05, 4.69) is 4.98 Å². The van der Waals surface area contributed by atoms with Gasteiger partial charge in [0.25, 0.3) is 0 Å². The van der Waals surface area contributed by atoms with Gasteiger partial charge in [0.05, 0.1) is 17.5 Å². The number of aromatic carboxylic acids is 1. The van der Waals surface area contributed by atoms with Gasteiger partial charge in [0.1, 0.15) is 12.2 Å². The van der Waals surface area contributed by atoms with Crippen LogP contribution in [0.4, 0.5) is 0 Å². The lowest BCUT2D eigenvalue weighted by Crippen LogP contribution is -2.05. The molecule has 0 bridgehead atoms. The average Bonchev–Trinajstić information content (AvgIpc) is 2.89. The van der Waals surface area contributed by atoms with Gasteiger partial charge in [-0.25, -0.2) is 4.79 Å². The number of thiazole rings is 1. The third-order valence-electron chi connectivity index (χ3n) is 2.31. The largest absolute Gasteiger partial charge is 0.493 e. The molecule has 0 spiro atoms. The van der Waals surface area contributed by atoms with Crippen molar-refractivity contribution in [2.75, 3.05) is 7.11 Å². The molecule has 0 atom stereocenters. The van der Waals surface area contributed by atoms with Crippen molar-refractivity contribution in [1.29, 1.82) is 0 Å². The van der Waals surface area contributed by atoms with Crippen LogP contribution in [-0.2, 0) is 6.61 Å². The molecule has 0 unspecified atom stereocenters. The molecular weight excluding hydrogens is 290 g/mol. The van der Waals surface area contributed by atoms with Crippen LogP contribution >= 0.6 is 22.9 Å². The molecular formula is C12H10ClNO4S. The molecule has 0 saturated heterocycles. The van der Waals surface area contributed by atoms with Crippen LogP contribution in [0.2, 0.25) is 5.02 Å². The van der Waals surface area contributed by atoms with E-state index in [4.69, 9.17) is 26.2 Å². The van der Waals surface area contributed by atoms with E-state index in [1.807, 2.05) is 0 Å². The lowest BCUT2D eigenvalue weighted by Gasteiger charge is -2.13. The van der Waals surface area contributed by atoms with Gasteiger partial charge >= 0.3 is 5.97 Å². The maximum Gasteiger partial charge on any atom is 0.339 e. The number of aromatic nitrogens is 1. The second-order valence-electron chi connectivity index (χ2n) is 3.55. The molecule has 0 aliphatic rings. The number of halogens is 1. The smallest absolute Gasteiger partial charge is 0.339 e. The topological polar surface area (TPSA) is 68.7 Å². The summed E-state index contributed by atoms with van der Waals surface area (Å²) >= 11 is 7.26. The van der Waals surface area contributed by atoms with E-state index in [0.717, 1.165) is 4.88 Å². The fraction of sp³-hybridized carbons (Fsp3) is 0.167. The summed E-state index contributed by atoms with van der Waals surface area (Å²) in [5, 5.41) is 9.44. The van der Waals surface area contributed by atoms with Crippen LogP contribution in [0.5, 0.6) is 11.5 Å². The van der Waals surface area contributed by atoms with E-state index >= 15 is 0 Å². The Morgan fingerprint density at radius 3 is 2.89 bits per heavy atom. The van der Waals surface area contributed by atoms with Gasteiger partial charge in [-0.2, -0.15) is 0 Å². The van der Waals surface area contributed by atoms with Crippen molar-refractivity contribution in [3.8, 4) is 11.5 Å². The number of carbonyl (C=O) groups is 1. The Kier molecular flexibility index (Phi) is 4.24. The molecule has 0 aliphatic heterocycles. The summed E-state index contributed by atoms with van der Waals surface area (Å²) in [6.07, 6.45) is 1.66. The summed E-state index contributed by atoms with van der Waals surface area (Å²) in [5.74, 6) is -0.678. The fourth-order valence-electron chi connectivity index (χ4n) is 1.48. The third kappa shape index (κ3) is 3.15. The first-order valence-corrected chi connectivity index (χ1v) is 6.48. The SMILES string of the molecule is COc1cc(Cl)cc(C(=O)O)c1OCc1cncs1. The fourth-order valence-corrected chi connectivity index (χ4v) is 2.20. The second-order valence-corrected chi connectivity index (χ2v) is 4.95. The summed E-state index contributed by atoms with van der Waals surface area (Å²) in [5.41, 5.74) is 1.64. The van der Waals surface area contributed by atoms with E-state index in [0.29, 0.717) is 0 Å². The van der Waals surface area contributed by atoms with E-state index in [-0.39, 0.29) is 28.7 Å². The highest BCUT2D eigenvalue weighted by Gasteiger charge is 2.18. The van der Waals surface area contributed by atoms with Crippen molar-refractivity contribution in [3.05, 3.63) is 39.3 Å². The van der Waals surface area contributed by atoms with Gasteiger partial charge in [-0.1, -0.05) is 11.6 Å². The predicted molar refractivity (Wildman–Crippen MR) is 71.4 cm³/mol. The zero-order valence-electron chi connectivity index (χ0n) is 9.92. The Morgan fingerprint density at radius 1 is 1.53 bits per heavy atom. The van der Waals surface area contributed by atoms with Gasteiger partial charge in [0.2, 0.25) is 0 Å². The van der Waals surface area contributed by atoms with E-state index in [1.54, 1.807) is 11.7 Å². The van der Waals surface area contributed by atoms with E-state index < -0.39 is 5.97 Å². The van der Waals surface area contributed by atoms with Crippen molar-refractivity contribution >= 4 is 28.9 Å². The number of hydrogen-bond donors (Lipinski definition) is 1. The van der Waals surface area contributed by atoms with E-state index in [9.17, 15) is 4.79 Å². The first-order chi connectivity index (χ1) is 9.11. The number of carboxylic acid groups (broad SMARTS) is 1. The minimum absolute atomic E-state index is 0.0335. The van der Waals surface area contributed by atoms with Crippen LogP contribution in [-0.4, -0.2) is 23.2 Å². The van der Waals surface area contributed by atoms with Gasteiger partial charge in [-0.15, -0.1) is 11.3 Å². The first-order valence-electron chi connectivity index (χ1n) is 5.23. The molecule has 19 heavy (non-hydrogen) atoms. The number of benzene rings is 1. The molecule has 100 valence electrons. The van der Waals surface area contributed by atoms with Crippen LogP contribution < -0.4 is 9.47 Å². The summed E-state index contributed by atoms with van der Waals surface area (Å²) in [4.78, 5) is 16.0. The predicted octanol–water partition coefficient (Wildman–Crippen LogP) is 3.08. The summed E-state index contributed by atoms with van der Waals surface area (Å²) < 4.78 is 10.6. The van der Waals surface area contributed by atoms with Crippen molar-refractivity contribution in [2.45, 2.75) is 6.61 Å². The molecule has 5 nitrogen and oxygen atoms in total. The normalized spacial score (nSPS) is 10.2. The maximum absolute atomic E-state index is 11.2. The minimum Gasteiger partial charge on any atom is -0.493 e. The van der Waals surface area contributed by atoms with Gasteiger partial charge < -0.3 is 14.6 Å². The average molecular weight is 300 g/mol. The van der Waals surface area contributed by atoms with Crippen molar-refractivity contribution in [2.24, 2.45) is 0 Å². The highest BCUT2D eigenvalue weighted by Crippen LogP contribution is 2.35. The van der Waals surface area contributed by atoms with Gasteiger partial charge in [-0.05, 0) is 6.07 Å². The highest BCUT2D eigenvalue weighted by atomic mass is 35.5. The van der Waals surface area contributed by atoms with Crippen molar-refractivity contribution in [1.82, 2.24) is 4.98 Å². The first kappa shape index (κ1) is 13.6. The number of rotatable bonds is 5. The van der Waals surface area contributed by atoms with Gasteiger partial charge in [0.15, 0.2) is 11.5 Å². The van der Waals surface area contributed by atoms with Crippen LogP contribution in [0.15, 0.2) is 23.8 Å². The molecule has 0 amide bonds. The van der Waals surface area contributed by atoms with Crippen molar-refractivity contribution < 1.29 is 19.4 Å². The Labute approximate surface area is 118 Å². The molecule has 1 aromatic heterocycles. The summed E-state index contributed by atoms with van der Waals surface area (Å²) in [7, 11) is 1.43. The molecule has 0 fully saturated rings. The number of carboxylic acids is 1. The van der Waals surface area contributed by atoms with E-state index in [1.165, 1.54) is 30.6 Å². The lowest BCUT2D eigenvalue weighted by atomic mass is 10.2. The maximum atomic E-state index is 11.2. The zero-order valence-corrected chi connectivity index (χ0v) is 11.5. The number of nitrogens with zero attached hydrogens (tertiary/aromatic N) is 1. The standard InChI is InChI=1S/C12H10ClNO4S/c1-17-10-3-7(13)2-9(12(15)16)11(10)18-5-8-4-14-6-19-8/h2-4,6H,5H2,1H3,(H,15,16). The second kappa shape index (κ2) is 5.90. The Hall–Kier alpha value is -1.79. The molecule has 1 aromatic carbocycles. The minimum atomic E-state index is -1.12. The highest BCUT2D eigenvalue weighted by molar-refractivity contribution is 7.09. The molecule has 0 saturated carbocycles. The number of hydrogen-bond acceptors (Lipinski definition) is 5. The van der Waals surface area contributed by atoms with Crippen LogP contribution in [0.25, 0.3) is 0 Å². The molecule has 1 N–H and O–H groups in total. The molecule has 7 heteroatoms. The van der Waals surface area contributed by atoms with Crippen molar-refractivity contribution in [3.63, 3.8) is 0 Å². The van der Waals surface area contributed by atoms with Gasteiger partial charge in [0, 0.05) is 17.3 Å². The molecule has 0 radical (unpaired) electrons. The van der Waals surface area contributed by atoms with Crippen LogP contribution in [0, 0.1) is 0 Å². The summed E-state index contributed by atoms with van der Waals surface area (Å²) in [6.45, 7) is 0.225. The lowest BCUT2D eigenvalue weighted by molar-refractivity contribution is 0.0691. The summed E-state index contributed by atoms with van der Waals surface area (Å²) in [6, 6.07) is 2.84. The molecule has 1 heterocycles. The quantitative estimate of drug-likeness (QED) is 0.919. The zero-order chi connectivity index (χ0) is 13.8. The number of ether oxygens (including phenoxy) is 2. The van der Waals surface area contributed by atoms with Gasteiger partial charge in [-0.3, -0.25) is 4.98 Å².